The maximum absolute atomic E-state index is 12.0. The van der Waals surface area contributed by atoms with Gasteiger partial charge >= 0.3 is 11.9 Å². The third kappa shape index (κ3) is 3.13. The van der Waals surface area contributed by atoms with Crippen LogP contribution in [0.4, 0.5) is 0 Å². The van der Waals surface area contributed by atoms with Gasteiger partial charge in [-0.15, -0.1) is 0 Å². The van der Waals surface area contributed by atoms with E-state index in [0.29, 0.717) is 12.2 Å². The van der Waals surface area contributed by atoms with Gasteiger partial charge in [-0.05, 0) is 18.6 Å². The summed E-state index contributed by atoms with van der Waals surface area (Å²) in [5, 5.41) is 0. The Labute approximate surface area is 128 Å². The fraction of sp³-hybridized carbons (Fsp3) is 0.500. The Hall–Kier alpha value is -1.92. The van der Waals surface area contributed by atoms with Gasteiger partial charge in [0.05, 0.1) is 5.56 Å². The highest BCUT2D eigenvalue weighted by atomic mass is 16.7. The number of fused-ring (bicyclic) bond motifs is 1. The SMILES string of the molecule is CC(=O)OC1O[C@H](COC(=O)c2ccccc2)[C@H]2CCO[C@@H]12. The molecule has 2 aliphatic rings. The molecule has 0 amide bonds. The Bertz CT molecular complexity index is 543. The molecule has 0 saturated carbocycles. The van der Waals surface area contributed by atoms with E-state index in [-0.39, 0.29) is 24.7 Å². The normalized spacial score (nSPS) is 29.9. The zero-order valence-corrected chi connectivity index (χ0v) is 12.3. The minimum atomic E-state index is -0.717. The summed E-state index contributed by atoms with van der Waals surface area (Å²) in [4.78, 5) is 23.1. The Balaban J connectivity index is 1.58. The molecule has 0 radical (unpaired) electrons. The summed E-state index contributed by atoms with van der Waals surface area (Å²) in [5.41, 5.74) is 0.497. The topological polar surface area (TPSA) is 71.1 Å². The predicted octanol–water partition coefficient (Wildman–Crippen LogP) is 1.54. The lowest BCUT2D eigenvalue weighted by atomic mass is 9.98. The maximum atomic E-state index is 12.0. The standard InChI is InChI=1S/C16H18O6/c1-10(17)21-16-14-12(7-8-19-14)13(22-16)9-20-15(18)11-5-3-2-4-6-11/h2-6,12-14,16H,7-9H2,1H3/t12-,13-,14-,16?/m1/s1. The second-order valence-corrected chi connectivity index (χ2v) is 5.40. The number of rotatable bonds is 4. The molecule has 1 unspecified atom stereocenters. The molecule has 118 valence electrons. The van der Waals surface area contributed by atoms with Crippen molar-refractivity contribution in [3.63, 3.8) is 0 Å². The van der Waals surface area contributed by atoms with Crippen LogP contribution in [0.3, 0.4) is 0 Å². The van der Waals surface area contributed by atoms with Gasteiger partial charge in [0.2, 0.25) is 6.29 Å². The van der Waals surface area contributed by atoms with E-state index < -0.39 is 18.2 Å². The molecular weight excluding hydrogens is 288 g/mol. The molecule has 2 heterocycles. The maximum Gasteiger partial charge on any atom is 0.338 e. The zero-order chi connectivity index (χ0) is 15.5. The molecule has 4 atom stereocenters. The number of carbonyl (C=O) groups is 2. The average Bonchev–Trinajstić information content (AvgIpc) is 3.10. The fourth-order valence-corrected chi connectivity index (χ4v) is 2.89. The third-order valence-electron chi connectivity index (χ3n) is 3.91. The Morgan fingerprint density at radius 2 is 2.05 bits per heavy atom. The zero-order valence-electron chi connectivity index (χ0n) is 12.3. The molecule has 2 aliphatic heterocycles. The summed E-state index contributed by atoms with van der Waals surface area (Å²) in [7, 11) is 0. The van der Waals surface area contributed by atoms with Crippen LogP contribution in [0.5, 0.6) is 0 Å². The Morgan fingerprint density at radius 3 is 2.77 bits per heavy atom. The molecule has 2 fully saturated rings. The molecule has 6 heteroatoms. The van der Waals surface area contributed by atoms with Gasteiger partial charge in [0, 0.05) is 19.4 Å². The van der Waals surface area contributed by atoms with E-state index in [1.54, 1.807) is 24.3 Å². The molecule has 1 aromatic carbocycles. The van der Waals surface area contributed by atoms with Gasteiger partial charge < -0.3 is 18.9 Å². The molecular formula is C16H18O6. The number of ether oxygens (including phenoxy) is 4. The van der Waals surface area contributed by atoms with Crippen LogP contribution in [0, 0.1) is 5.92 Å². The fourth-order valence-electron chi connectivity index (χ4n) is 2.89. The van der Waals surface area contributed by atoms with Crippen LogP contribution in [0.25, 0.3) is 0 Å². The van der Waals surface area contributed by atoms with Crippen LogP contribution >= 0.6 is 0 Å². The van der Waals surface area contributed by atoms with Crippen LogP contribution in [0.2, 0.25) is 0 Å². The highest BCUT2D eigenvalue weighted by Gasteiger charge is 2.50. The van der Waals surface area contributed by atoms with Gasteiger partial charge in [-0.2, -0.15) is 0 Å². The van der Waals surface area contributed by atoms with Crippen LogP contribution in [0.1, 0.15) is 23.7 Å². The van der Waals surface area contributed by atoms with Crippen molar-refractivity contribution in [1.82, 2.24) is 0 Å². The first-order chi connectivity index (χ1) is 10.6. The second-order valence-electron chi connectivity index (χ2n) is 5.40. The summed E-state index contributed by atoms with van der Waals surface area (Å²) >= 11 is 0. The average molecular weight is 306 g/mol. The number of hydrogen-bond donors (Lipinski definition) is 0. The molecule has 6 nitrogen and oxygen atoms in total. The van der Waals surface area contributed by atoms with Crippen molar-refractivity contribution < 1.29 is 28.5 Å². The van der Waals surface area contributed by atoms with Gasteiger partial charge in [-0.25, -0.2) is 4.79 Å². The summed E-state index contributed by atoms with van der Waals surface area (Å²) < 4.78 is 21.7. The van der Waals surface area contributed by atoms with Crippen molar-refractivity contribution in [3.05, 3.63) is 35.9 Å². The van der Waals surface area contributed by atoms with Crippen molar-refractivity contribution in [3.8, 4) is 0 Å². The van der Waals surface area contributed by atoms with Crippen molar-refractivity contribution >= 4 is 11.9 Å². The largest absolute Gasteiger partial charge is 0.459 e. The predicted molar refractivity (Wildman–Crippen MR) is 75.0 cm³/mol. The number of benzene rings is 1. The Kier molecular flexibility index (Phi) is 4.40. The first-order valence-electron chi connectivity index (χ1n) is 7.31. The molecule has 0 spiro atoms. The monoisotopic (exact) mass is 306 g/mol. The summed E-state index contributed by atoms with van der Waals surface area (Å²) in [6.07, 6.45) is -0.505. The van der Waals surface area contributed by atoms with E-state index in [0.717, 1.165) is 6.42 Å². The number of carbonyl (C=O) groups excluding carboxylic acids is 2. The molecule has 1 aromatic rings. The van der Waals surface area contributed by atoms with Crippen LogP contribution in [0.15, 0.2) is 30.3 Å². The Morgan fingerprint density at radius 1 is 1.27 bits per heavy atom. The van der Waals surface area contributed by atoms with E-state index in [1.807, 2.05) is 6.07 Å². The number of hydrogen-bond acceptors (Lipinski definition) is 6. The minimum Gasteiger partial charge on any atom is -0.459 e. The molecule has 0 aromatic heterocycles. The van der Waals surface area contributed by atoms with Gasteiger partial charge in [0.15, 0.2) is 0 Å². The van der Waals surface area contributed by atoms with Crippen molar-refractivity contribution in [2.75, 3.05) is 13.2 Å². The number of esters is 2. The quantitative estimate of drug-likeness (QED) is 0.786. The van der Waals surface area contributed by atoms with Crippen LogP contribution in [-0.2, 0) is 23.7 Å². The highest BCUT2D eigenvalue weighted by Crippen LogP contribution is 2.37. The van der Waals surface area contributed by atoms with Gasteiger partial charge in [0.25, 0.3) is 0 Å². The van der Waals surface area contributed by atoms with E-state index in [2.05, 4.69) is 0 Å². The minimum absolute atomic E-state index is 0.0768. The lowest BCUT2D eigenvalue weighted by molar-refractivity contribution is -0.191. The van der Waals surface area contributed by atoms with E-state index in [9.17, 15) is 9.59 Å². The van der Waals surface area contributed by atoms with E-state index in [4.69, 9.17) is 18.9 Å². The lowest BCUT2D eigenvalue weighted by Crippen LogP contribution is -2.28. The summed E-state index contributed by atoms with van der Waals surface area (Å²) in [6, 6.07) is 8.78. The highest BCUT2D eigenvalue weighted by molar-refractivity contribution is 5.89. The van der Waals surface area contributed by atoms with Crippen molar-refractivity contribution in [1.29, 1.82) is 0 Å². The van der Waals surface area contributed by atoms with Gasteiger partial charge in [0.1, 0.15) is 18.8 Å². The smallest absolute Gasteiger partial charge is 0.338 e. The molecule has 0 N–H and O–H groups in total. The molecule has 0 aliphatic carbocycles. The molecule has 22 heavy (non-hydrogen) atoms. The summed E-state index contributed by atoms with van der Waals surface area (Å²) in [5.74, 6) is -0.732. The van der Waals surface area contributed by atoms with E-state index >= 15 is 0 Å². The second kappa shape index (κ2) is 6.46. The van der Waals surface area contributed by atoms with Crippen molar-refractivity contribution in [2.24, 2.45) is 5.92 Å². The van der Waals surface area contributed by atoms with E-state index in [1.165, 1.54) is 6.92 Å². The first-order valence-corrected chi connectivity index (χ1v) is 7.31. The summed E-state index contributed by atoms with van der Waals surface area (Å²) in [6.45, 7) is 2.05. The molecule has 2 saturated heterocycles. The first kappa shape index (κ1) is 15.0. The lowest BCUT2D eigenvalue weighted by Gasteiger charge is -2.17. The molecule has 3 rings (SSSR count). The third-order valence-corrected chi connectivity index (χ3v) is 3.91. The van der Waals surface area contributed by atoms with Crippen LogP contribution in [-0.4, -0.2) is 43.7 Å². The van der Waals surface area contributed by atoms with Crippen molar-refractivity contribution in [2.45, 2.75) is 31.8 Å². The molecule has 0 bridgehead atoms. The van der Waals surface area contributed by atoms with Gasteiger partial charge in [-0.3, -0.25) is 4.79 Å². The van der Waals surface area contributed by atoms with Gasteiger partial charge in [-0.1, -0.05) is 18.2 Å². The van der Waals surface area contributed by atoms with Crippen LogP contribution < -0.4 is 0 Å².